The summed E-state index contributed by atoms with van der Waals surface area (Å²) >= 11 is 0. The second kappa shape index (κ2) is 58.0. The minimum absolute atomic E-state index is 0.0817. The lowest BCUT2D eigenvalue weighted by atomic mass is 9.87. The van der Waals surface area contributed by atoms with Crippen LogP contribution in [-0.4, -0.2) is 326 Å². The van der Waals surface area contributed by atoms with Crippen molar-refractivity contribution in [3.05, 3.63) is 0 Å². The predicted molar refractivity (Wildman–Crippen MR) is 388 cm³/mol. The molecular formula is C75H152O26. The molecule has 0 aromatic carbocycles. The molecule has 0 aliphatic rings. The van der Waals surface area contributed by atoms with Crippen molar-refractivity contribution in [3.8, 4) is 0 Å². The van der Waals surface area contributed by atoms with Crippen molar-refractivity contribution < 1.29 is 126 Å². The summed E-state index contributed by atoms with van der Waals surface area (Å²) in [6, 6.07) is 0. The van der Waals surface area contributed by atoms with Crippen LogP contribution in [0.5, 0.6) is 0 Å². The Morgan fingerprint density at radius 2 is 0.337 bits per heavy atom. The molecule has 0 rings (SSSR count). The van der Waals surface area contributed by atoms with Gasteiger partial charge in [-0.05, 0) is 136 Å². The fourth-order valence-corrected chi connectivity index (χ4v) is 9.76. The fourth-order valence-electron chi connectivity index (χ4n) is 9.76. The normalized spacial score (nSPS) is 20.0. The lowest BCUT2D eigenvalue weighted by molar-refractivity contribution is -0.144. The summed E-state index contributed by atoms with van der Waals surface area (Å²) in [7, 11) is 0. The van der Waals surface area contributed by atoms with Crippen LogP contribution in [0.25, 0.3) is 0 Å². The fraction of sp³-hybridized carbons (Fsp3) is 1.00. The third kappa shape index (κ3) is 46.2. The average Bonchev–Trinajstić information content (AvgIpc) is 0.914. The van der Waals surface area contributed by atoms with Crippen molar-refractivity contribution >= 4 is 0 Å². The zero-order valence-corrected chi connectivity index (χ0v) is 66.8. The van der Waals surface area contributed by atoms with Gasteiger partial charge in [-0.2, -0.15) is 0 Å². The summed E-state index contributed by atoms with van der Waals surface area (Å²) in [6.45, 7) is 44.9. The molecule has 18 atom stereocenters. The molecule has 0 aromatic heterocycles. The van der Waals surface area contributed by atoms with Gasteiger partial charge in [-0.1, -0.05) is 34.6 Å². The van der Waals surface area contributed by atoms with Crippen LogP contribution in [-0.2, 0) is 90.0 Å². The third-order valence-corrected chi connectivity index (χ3v) is 18.3. The minimum Gasteiger partial charge on any atom is -0.394 e. The lowest BCUT2D eigenvalue weighted by Crippen LogP contribution is -2.42. The standard InChI is InChI=1S/C75H152O26/c1-21-71(46-95-66(16)37-86-43-72(22-2,47-90-56(6)26-76)48-91-57(7)27-77,41-84-35-63(13)89-40-68(18)99-52-73(23-3,49-92-58(8)28-78)44-87-38-69(19)100-61(11)31-81)42-85-36-67(17)97-51-74(24-4,45-88-39-70(20)101-62(12)32-82)50-96-64(14)33-83-34-65(15)98-55-75(25-5,53-93-59(9)29-79)54-94-60(10)30-80/h56-70,76-82H,21-55H2,1-20H3. The molecule has 608 valence electrons. The topological polar surface area (TPSA) is 317 Å². The SMILES string of the molecule is CCC(COCC(C)OCC(C)OCC(CC)(COCC(C)OC(C)CO)COC(C)CO)(COCC(C)OCC(CC)(COCC(C)OC(C)CO)COC(C)COCC(C)OCC(CC)(COC(C)CO)COC(C)CO)COC(C)COCC(CC)(COC(C)CO)COC(C)CO. The molecule has 7 N–H and O–H groups in total. The average molecular weight is 1470 g/mol. The van der Waals surface area contributed by atoms with E-state index in [2.05, 4.69) is 20.8 Å². The van der Waals surface area contributed by atoms with E-state index in [1.807, 2.05) is 118 Å². The first kappa shape index (κ1) is 100.0. The van der Waals surface area contributed by atoms with Crippen molar-refractivity contribution in [3.63, 3.8) is 0 Å². The van der Waals surface area contributed by atoms with Crippen molar-refractivity contribution in [2.75, 3.05) is 198 Å². The molecule has 0 saturated heterocycles. The summed E-state index contributed by atoms with van der Waals surface area (Å²) in [4.78, 5) is 0. The molecule has 0 aliphatic heterocycles. The molecule has 0 aliphatic carbocycles. The molecular weight excluding hydrogens is 1320 g/mol. The summed E-state index contributed by atoms with van der Waals surface area (Å²) in [5, 5.41) is 67.6. The highest BCUT2D eigenvalue weighted by Crippen LogP contribution is 2.31. The molecule has 26 nitrogen and oxygen atoms in total. The van der Waals surface area contributed by atoms with Crippen LogP contribution in [0.15, 0.2) is 0 Å². The maximum atomic E-state index is 9.74. The van der Waals surface area contributed by atoms with E-state index < -0.39 is 27.1 Å². The first-order valence-electron chi connectivity index (χ1n) is 37.8. The molecule has 26 heteroatoms. The van der Waals surface area contributed by atoms with E-state index in [-0.39, 0.29) is 171 Å². The van der Waals surface area contributed by atoms with Gasteiger partial charge in [-0.25, -0.2) is 0 Å². The Bertz CT molecular complexity index is 1860. The Kier molecular flexibility index (Phi) is 57.4. The van der Waals surface area contributed by atoms with E-state index in [1.165, 1.54) is 0 Å². The molecule has 0 spiro atoms. The van der Waals surface area contributed by atoms with Crippen LogP contribution in [0.4, 0.5) is 0 Å². The van der Waals surface area contributed by atoms with E-state index in [0.717, 1.165) is 0 Å². The van der Waals surface area contributed by atoms with E-state index in [0.29, 0.717) is 151 Å². The molecule has 0 amide bonds. The molecule has 0 bridgehead atoms. The predicted octanol–water partition coefficient (Wildman–Crippen LogP) is 7.06. The van der Waals surface area contributed by atoms with Gasteiger partial charge in [-0.15, -0.1) is 0 Å². The molecule has 0 saturated carbocycles. The third-order valence-electron chi connectivity index (χ3n) is 18.3. The van der Waals surface area contributed by atoms with E-state index in [9.17, 15) is 35.7 Å². The summed E-state index contributed by atoms with van der Waals surface area (Å²) in [5.74, 6) is 0. The summed E-state index contributed by atoms with van der Waals surface area (Å²) in [5.41, 5.74) is -2.71. The molecule has 0 aromatic rings. The smallest absolute Gasteiger partial charge is 0.0785 e. The Hall–Kier alpha value is -1.04. The quantitative estimate of drug-likeness (QED) is 0.0320. The van der Waals surface area contributed by atoms with E-state index >= 15 is 0 Å². The Labute approximate surface area is 610 Å². The van der Waals surface area contributed by atoms with Gasteiger partial charge in [0.1, 0.15) is 0 Å². The van der Waals surface area contributed by atoms with Gasteiger partial charge in [0.15, 0.2) is 0 Å². The van der Waals surface area contributed by atoms with Crippen LogP contribution in [0.1, 0.15) is 171 Å². The first-order valence-corrected chi connectivity index (χ1v) is 37.8. The van der Waals surface area contributed by atoms with Gasteiger partial charge >= 0.3 is 0 Å². The number of aliphatic hydroxyl groups excluding tert-OH is 7. The van der Waals surface area contributed by atoms with Crippen molar-refractivity contribution in [1.29, 1.82) is 0 Å². The van der Waals surface area contributed by atoms with Crippen molar-refractivity contribution in [1.82, 2.24) is 0 Å². The Morgan fingerprint density at radius 1 is 0.178 bits per heavy atom. The monoisotopic (exact) mass is 1470 g/mol. The number of hydrogen-bond donors (Lipinski definition) is 7. The number of hydrogen-bond acceptors (Lipinski definition) is 26. The molecule has 0 radical (unpaired) electrons. The highest BCUT2D eigenvalue weighted by Gasteiger charge is 2.37. The lowest BCUT2D eigenvalue weighted by Gasteiger charge is -2.36. The maximum Gasteiger partial charge on any atom is 0.0785 e. The van der Waals surface area contributed by atoms with Crippen molar-refractivity contribution in [2.45, 2.75) is 262 Å². The van der Waals surface area contributed by atoms with Gasteiger partial charge in [0, 0.05) is 27.1 Å². The van der Waals surface area contributed by atoms with Gasteiger partial charge in [0.2, 0.25) is 0 Å². The van der Waals surface area contributed by atoms with Crippen LogP contribution in [0.3, 0.4) is 0 Å². The van der Waals surface area contributed by atoms with Gasteiger partial charge in [0.05, 0.1) is 290 Å². The van der Waals surface area contributed by atoms with Crippen LogP contribution >= 0.6 is 0 Å². The highest BCUT2D eigenvalue weighted by molar-refractivity contribution is 4.84. The van der Waals surface area contributed by atoms with E-state index in [1.54, 1.807) is 0 Å². The number of aliphatic hydroxyl groups is 7. The maximum absolute atomic E-state index is 9.74. The molecule has 0 heterocycles. The second-order valence-electron chi connectivity index (χ2n) is 29.5. The van der Waals surface area contributed by atoms with Crippen LogP contribution in [0, 0.1) is 27.1 Å². The Balaban J connectivity index is 6.46. The second-order valence-corrected chi connectivity index (χ2v) is 29.5. The first-order chi connectivity index (χ1) is 48.0. The largest absolute Gasteiger partial charge is 0.394 e. The Morgan fingerprint density at radius 3 is 0.545 bits per heavy atom. The molecule has 0 fully saturated rings. The van der Waals surface area contributed by atoms with Crippen LogP contribution in [0.2, 0.25) is 0 Å². The zero-order valence-electron chi connectivity index (χ0n) is 66.8. The molecule has 101 heavy (non-hydrogen) atoms. The number of rotatable bonds is 73. The van der Waals surface area contributed by atoms with Gasteiger partial charge in [0.25, 0.3) is 0 Å². The minimum atomic E-state index is -0.603. The molecule has 18 unspecified atom stereocenters. The van der Waals surface area contributed by atoms with Gasteiger partial charge < -0.3 is 126 Å². The van der Waals surface area contributed by atoms with Crippen LogP contribution < -0.4 is 0 Å². The zero-order chi connectivity index (χ0) is 76.3. The highest BCUT2D eigenvalue weighted by atomic mass is 16.6. The van der Waals surface area contributed by atoms with Gasteiger partial charge in [-0.3, -0.25) is 0 Å². The number of ether oxygens (including phenoxy) is 19. The summed E-state index contributed by atoms with van der Waals surface area (Å²) < 4.78 is 119. The van der Waals surface area contributed by atoms with E-state index in [4.69, 9.17) is 90.0 Å². The van der Waals surface area contributed by atoms with Crippen molar-refractivity contribution in [2.24, 2.45) is 27.1 Å². The summed E-state index contributed by atoms with van der Waals surface area (Å²) in [6.07, 6.45) is -1.37.